The first kappa shape index (κ1) is 21.4. The van der Waals surface area contributed by atoms with Crippen molar-refractivity contribution in [3.05, 3.63) is 77.9 Å². The van der Waals surface area contributed by atoms with E-state index in [1.807, 2.05) is 44.2 Å². The second-order valence-corrected chi connectivity index (χ2v) is 9.07. The highest BCUT2D eigenvalue weighted by molar-refractivity contribution is 6.79. The molecule has 0 N–H and O–H groups in total. The van der Waals surface area contributed by atoms with E-state index in [-0.39, 0.29) is 5.82 Å². The average molecular weight is 460 g/mol. The van der Waals surface area contributed by atoms with Crippen LogP contribution in [0.2, 0.25) is 0 Å². The quantitative estimate of drug-likeness (QED) is 0.306. The van der Waals surface area contributed by atoms with Crippen LogP contribution in [0.15, 0.2) is 75.1 Å². The van der Waals surface area contributed by atoms with Crippen LogP contribution in [0.25, 0.3) is 44.5 Å². The molecule has 0 aliphatic carbocycles. The van der Waals surface area contributed by atoms with Crippen molar-refractivity contribution in [2.24, 2.45) is 9.81 Å². The Kier molecular flexibility index (Phi) is 4.88. The molecule has 5 aromatic rings. The third-order valence-corrected chi connectivity index (χ3v) is 6.50. The number of aromatic nitrogens is 2. The number of nitrogens with zero attached hydrogens (tertiary/aromatic N) is 4. The summed E-state index contributed by atoms with van der Waals surface area (Å²) >= 11 is 0. The summed E-state index contributed by atoms with van der Waals surface area (Å²) < 4.78 is 22.4. The maximum atomic E-state index is 15.9. The Balaban J connectivity index is 1.72. The van der Waals surface area contributed by atoms with E-state index in [4.69, 9.17) is 4.42 Å². The molecular formula is C28H22BFN4O. The van der Waals surface area contributed by atoms with Gasteiger partial charge >= 0.3 is 6.98 Å². The van der Waals surface area contributed by atoms with Crippen LogP contribution in [0.3, 0.4) is 0 Å². The molecule has 0 saturated heterocycles. The number of benzene rings is 3. The SMILES string of the molecule is CC1=NB(c2c(F)cc3c(oc4c(-c5cc(C)cc(C)c5)ncnc43)c2-c2ccccc2)N=C1C. The van der Waals surface area contributed by atoms with Gasteiger partial charge in [-0.2, -0.15) is 0 Å². The lowest BCUT2D eigenvalue weighted by Crippen LogP contribution is -2.31. The second kappa shape index (κ2) is 7.98. The average Bonchev–Trinajstić information content (AvgIpc) is 3.37. The molecule has 0 fully saturated rings. The standard InChI is InChI=1S/C28H22BFN4O/c1-15-10-16(2)12-20(11-15)25-28-26(32-14-31-25)21-13-22(30)24(29-33-17(3)18(4)34-29)23(27(21)35-28)19-8-6-5-7-9-19/h5-14H,1-4H3. The van der Waals surface area contributed by atoms with E-state index in [0.717, 1.165) is 33.7 Å². The zero-order valence-corrected chi connectivity index (χ0v) is 19.9. The Morgan fingerprint density at radius 1 is 0.771 bits per heavy atom. The first-order chi connectivity index (χ1) is 16.9. The summed E-state index contributed by atoms with van der Waals surface area (Å²) in [6.07, 6.45) is 1.51. The van der Waals surface area contributed by atoms with Gasteiger partial charge in [-0.3, -0.25) is 0 Å². The molecule has 170 valence electrons. The normalized spacial score (nSPS) is 13.6. The summed E-state index contributed by atoms with van der Waals surface area (Å²) in [4.78, 5) is 18.3. The lowest BCUT2D eigenvalue weighted by molar-refractivity contribution is 0.634. The maximum absolute atomic E-state index is 15.9. The second-order valence-electron chi connectivity index (χ2n) is 9.07. The topological polar surface area (TPSA) is 63.6 Å². The lowest BCUT2D eigenvalue weighted by Gasteiger charge is -2.12. The Morgan fingerprint density at radius 3 is 2.14 bits per heavy atom. The molecule has 0 bridgehead atoms. The Morgan fingerprint density at radius 2 is 1.46 bits per heavy atom. The summed E-state index contributed by atoms with van der Waals surface area (Å²) in [5, 5.41) is 0.604. The molecule has 1 aliphatic rings. The van der Waals surface area contributed by atoms with Crippen molar-refractivity contribution in [2.45, 2.75) is 27.7 Å². The van der Waals surface area contributed by atoms with Crippen LogP contribution in [0, 0.1) is 19.7 Å². The molecule has 0 radical (unpaired) electrons. The first-order valence-electron chi connectivity index (χ1n) is 11.5. The van der Waals surface area contributed by atoms with Crippen molar-refractivity contribution in [1.82, 2.24) is 9.97 Å². The minimum absolute atomic E-state index is 0.384. The van der Waals surface area contributed by atoms with Crippen molar-refractivity contribution in [3.8, 4) is 22.4 Å². The van der Waals surface area contributed by atoms with Gasteiger partial charge in [0.25, 0.3) is 0 Å². The predicted octanol–water partition coefficient (Wildman–Crippen LogP) is 6.10. The van der Waals surface area contributed by atoms with Crippen molar-refractivity contribution in [1.29, 1.82) is 0 Å². The van der Waals surface area contributed by atoms with Crippen LogP contribution < -0.4 is 5.46 Å². The van der Waals surface area contributed by atoms with Crippen molar-refractivity contribution < 1.29 is 8.81 Å². The van der Waals surface area contributed by atoms with Crippen LogP contribution in [-0.2, 0) is 0 Å². The first-order valence-corrected chi connectivity index (χ1v) is 11.5. The molecule has 7 heteroatoms. The smallest absolute Gasteiger partial charge is 0.451 e. The van der Waals surface area contributed by atoms with Gasteiger partial charge in [0.2, 0.25) is 0 Å². The van der Waals surface area contributed by atoms with Gasteiger partial charge in [0.15, 0.2) is 5.58 Å². The van der Waals surface area contributed by atoms with Crippen LogP contribution in [-0.4, -0.2) is 28.4 Å². The summed E-state index contributed by atoms with van der Waals surface area (Å²) in [5.74, 6) is -0.384. The Labute approximate surface area is 202 Å². The number of fused-ring (bicyclic) bond motifs is 3. The van der Waals surface area contributed by atoms with Gasteiger partial charge < -0.3 is 14.2 Å². The molecule has 0 spiro atoms. The molecule has 3 aromatic carbocycles. The number of rotatable bonds is 3. The third-order valence-electron chi connectivity index (χ3n) is 6.50. The van der Waals surface area contributed by atoms with Gasteiger partial charge in [-0.25, -0.2) is 14.4 Å². The molecule has 35 heavy (non-hydrogen) atoms. The van der Waals surface area contributed by atoms with Crippen molar-refractivity contribution >= 4 is 45.9 Å². The van der Waals surface area contributed by atoms with Crippen molar-refractivity contribution in [3.63, 3.8) is 0 Å². The van der Waals surface area contributed by atoms with E-state index in [1.165, 1.54) is 12.4 Å². The zero-order chi connectivity index (χ0) is 24.3. The molecule has 1 aliphatic heterocycles. The van der Waals surface area contributed by atoms with E-state index >= 15 is 4.39 Å². The number of halogens is 1. The highest BCUT2D eigenvalue weighted by atomic mass is 19.1. The summed E-state index contributed by atoms with van der Waals surface area (Å²) in [6, 6.07) is 17.4. The van der Waals surface area contributed by atoms with E-state index in [2.05, 4.69) is 51.8 Å². The van der Waals surface area contributed by atoms with Gasteiger partial charge in [0.1, 0.15) is 28.9 Å². The molecule has 0 saturated carbocycles. The number of aryl methyl sites for hydroxylation is 2. The number of hydrogen-bond acceptors (Lipinski definition) is 5. The van der Waals surface area contributed by atoms with Crippen LogP contribution in [0.1, 0.15) is 25.0 Å². The Bertz CT molecular complexity index is 1670. The Hall–Kier alpha value is -4.13. The molecule has 0 unspecified atom stereocenters. The zero-order valence-electron chi connectivity index (χ0n) is 19.9. The van der Waals surface area contributed by atoms with Crippen molar-refractivity contribution in [2.75, 3.05) is 0 Å². The molecule has 3 heterocycles. The maximum Gasteiger partial charge on any atom is 0.452 e. The minimum Gasteiger partial charge on any atom is -0.451 e. The van der Waals surface area contributed by atoms with Gasteiger partial charge in [-0.05, 0) is 51.5 Å². The molecular weight excluding hydrogens is 438 g/mol. The molecule has 6 rings (SSSR count). The van der Waals surface area contributed by atoms with E-state index in [9.17, 15) is 0 Å². The van der Waals surface area contributed by atoms with E-state index < -0.39 is 6.98 Å². The number of hydrogen-bond donors (Lipinski definition) is 0. The fourth-order valence-corrected chi connectivity index (χ4v) is 4.87. The summed E-state index contributed by atoms with van der Waals surface area (Å²) in [5.41, 5.74) is 9.04. The van der Waals surface area contributed by atoms with Crippen LogP contribution in [0.5, 0.6) is 0 Å². The largest absolute Gasteiger partial charge is 0.452 e. The highest BCUT2D eigenvalue weighted by Gasteiger charge is 2.32. The fourth-order valence-electron chi connectivity index (χ4n) is 4.87. The molecule has 5 nitrogen and oxygen atoms in total. The highest BCUT2D eigenvalue weighted by Crippen LogP contribution is 2.38. The van der Waals surface area contributed by atoms with Crippen LogP contribution >= 0.6 is 0 Å². The summed E-state index contributed by atoms with van der Waals surface area (Å²) in [7, 11) is 0. The predicted molar refractivity (Wildman–Crippen MR) is 141 cm³/mol. The molecule has 0 amide bonds. The van der Waals surface area contributed by atoms with E-state index in [1.54, 1.807) is 0 Å². The van der Waals surface area contributed by atoms with Gasteiger partial charge in [-0.1, -0.05) is 47.5 Å². The van der Waals surface area contributed by atoms with E-state index in [0.29, 0.717) is 38.8 Å². The van der Waals surface area contributed by atoms with Gasteiger partial charge in [0, 0.05) is 28.0 Å². The molecule has 2 aromatic heterocycles. The third kappa shape index (κ3) is 3.46. The van der Waals surface area contributed by atoms with Gasteiger partial charge in [0.05, 0.1) is 5.39 Å². The minimum atomic E-state index is -0.659. The monoisotopic (exact) mass is 460 g/mol. The van der Waals surface area contributed by atoms with Crippen LogP contribution in [0.4, 0.5) is 4.39 Å². The molecule has 0 atom stereocenters. The fraction of sp³-hybridized carbons (Fsp3) is 0.143. The number of furan rings is 1. The lowest BCUT2D eigenvalue weighted by atomic mass is 9.66. The summed E-state index contributed by atoms with van der Waals surface area (Å²) in [6.45, 7) is 7.23. The van der Waals surface area contributed by atoms with Gasteiger partial charge in [-0.15, -0.1) is 0 Å².